The van der Waals surface area contributed by atoms with Crippen molar-refractivity contribution in [2.24, 2.45) is 5.73 Å². The minimum atomic E-state index is -0.809. The lowest BCUT2D eigenvalue weighted by Gasteiger charge is -2.28. The quantitative estimate of drug-likeness (QED) is 0.226. The van der Waals surface area contributed by atoms with E-state index in [-0.39, 0.29) is 52.3 Å². The summed E-state index contributed by atoms with van der Waals surface area (Å²) in [6, 6.07) is 6.40. The van der Waals surface area contributed by atoms with Crippen LogP contribution in [0, 0.1) is 0 Å². The van der Waals surface area contributed by atoms with Crippen LogP contribution >= 0.6 is 23.2 Å². The monoisotopic (exact) mass is 616 g/mol. The number of carbonyl (C=O) groups is 3. The van der Waals surface area contributed by atoms with Gasteiger partial charge in [0.05, 0.1) is 34.3 Å². The number of Topliss-reactive ketones (excluding diaryl/α,β-unsaturated/α-hetero) is 1. The number of hydrogen-bond donors (Lipinski definition) is 1. The van der Waals surface area contributed by atoms with Crippen LogP contribution in [0.5, 0.6) is 5.75 Å². The molecule has 0 atom stereocenters. The number of ketones is 1. The van der Waals surface area contributed by atoms with Gasteiger partial charge in [0.1, 0.15) is 5.60 Å². The van der Waals surface area contributed by atoms with Crippen LogP contribution in [0.1, 0.15) is 63.1 Å². The Labute approximate surface area is 253 Å². The molecule has 0 aliphatic carbocycles. The van der Waals surface area contributed by atoms with Gasteiger partial charge in [-0.3, -0.25) is 23.9 Å². The summed E-state index contributed by atoms with van der Waals surface area (Å²) in [6.07, 6.45) is 2.41. The van der Waals surface area contributed by atoms with Crippen molar-refractivity contribution in [3.63, 3.8) is 0 Å². The molecule has 10 nitrogen and oxygen atoms in total. The number of primary amides is 1. The van der Waals surface area contributed by atoms with Gasteiger partial charge in [0.15, 0.2) is 17.4 Å². The van der Waals surface area contributed by atoms with E-state index in [1.807, 2.05) is 6.92 Å². The van der Waals surface area contributed by atoms with Gasteiger partial charge in [-0.2, -0.15) is 0 Å². The standard InChI is InChI=1S/C30H34Cl2N4O6/c1-6-7-12-41-25-19-14-21(31)22(32)15-20(19)28(39)35(27(25)34(5)29(40)42-30(2,3)4)11-10-24(37)23-9-8-18-13-17(26(33)38)16-36(18)23/h8-9,13-15H,6-7,10-12,16H2,1-5H3,(H2,33,38). The summed E-state index contributed by atoms with van der Waals surface area (Å²) in [5, 5.41) is 1.00. The van der Waals surface area contributed by atoms with Crippen molar-refractivity contribution in [1.82, 2.24) is 9.13 Å². The summed E-state index contributed by atoms with van der Waals surface area (Å²) in [7, 11) is 1.48. The molecule has 3 aromatic rings. The Morgan fingerprint density at radius 3 is 2.38 bits per heavy atom. The molecule has 2 aromatic heterocycles. The molecular weight excluding hydrogens is 583 g/mol. The van der Waals surface area contributed by atoms with E-state index in [9.17, 15) is 19.2 Å². The number of unbranched alkanes of at least 4 members (excludes halogenated alkanes) is 1. The summed E-state index contributed by atoms with van der Waals surface area (Å²) in [5.41, 5.74) is 5.61. The number of ether oxygens (including phenoxy) is 2. The molecule has 2 N–H and O–H groups in total. The van der Waals surface area contributed by atoms with Crippen LogP contribution in [0.25, 0.3) is 16.8 Å². The molecule has 1 aliphatic rings. The molecule has 0 bridgehead atoms. The fourth-order valence-corrected chi connectivity index (χ4v) is 5.06. The first-order valence-corrected chi connectivity index (χ1v) is 14.4. The van der Waals surface area contributed by atoms with Crippen molar-refractivity contribution >= 4 is 63.7 Å². The van der Waals surface area contributed by atoms with Crippen LogP contribution in [0.4, 0.5) is 10.6 Å². The number of nitrogens with two attached hydrogens (primary N) is 1. The highest BCUT2D eigenvalue weighted by molar-refractivity contribution is 6.43. The van der Waals surface area contributed by atoms with E-state index in [0.29, 0.717) is 29.0 Å². The Morgan fingerprint density at radius 1 is 1.10 bits per heavy atom. The molecule has 1 aliphatic heterocycles. The normalized spacial score (nSPS) is 12.7. The molecule has 12 heteroatoms. The number of pyridine rings is 1. The van der Waals surface area contributed by atoms with Crippen molar-refractivity contribution in [1.29, 1.82) is 0 Å². The molecular formula is C30H34Cl2N4O6. The number of aromatic nitrogens is 2. The molecule has 0 spiro atoms. The molecule has 3 heterocycles. The summed E-state index contributed by atoms with van der Waals surface area (Å²) in [5.74, 6) is -0.441. The zero-order valence-electron chi connectivity index (χ0n) is 24.3. The predicted molar refractivity (Wildman–Crippen MR) is 164 cm³/mol. The number of benzene rings is 1. The minimum absolute atomic E-state index is 0.0862. The minimum Gasteiger partial charge on any atom is -0.489 e. The summed E-state index contributed by atoms with van der Waals surface area (Å²) >= 11 is 12.6. The lowest BCUT2D eigenvalue weighted by molar-refractivity contribution is -0.114. The first kappa shape index (κ1) is 31.2. The largest absolute Gasteiger partial charge is 0.489 e. The average Bonchev–Trinajstić information content (AvgIpc) is 3.50. The van der Waals surface area contributed by atoms with Crippen molar-refractivity contribution in [3.05, 3.63) is 61.6 Å². The maximum atomic E-state index is 14.0. The third-order valence-electron chi connectivity index (χ3n) is 6.80. The van der Waals surface area contributed by atoms with Gasteiger partial charge in [0.2, 0.25) is 5.91 Å². The van der Waals surface area contributed by atoms with E-state index < -0.39 is 23.2 Å². The Balaban J connectivity index is 1.81. The number of rotatable bonds is 10. The summed E-state index contributed by atoms with van der Waals surface area (Å²) in [6.45, 7) is 7.63. The maximum Gasteiger partial charge on any atom is 0.415 e. The fourth-order valence-electron chi connectivity index (χ4n) is 4.73. The van der Waals surface area contributed by atoms with Crippen LogP contribution in [0.2, 0.25) is 10.0 Å². The third-order valence-corrected chi connectivity index (χ3v) is 7.52. The summed E-state index contributed by atoms with van der Waals surface area (Å²) in [4.78, 5) is 53.5. The van der Waals surface area contributed by atoms with Gasteiger partial charge in [-0.1, -0.05) is 36.5 Å². The topological polar surface area (TPSA) is 126 Å². The molecule has 42 heavy (non-hydrogen) atoms. The molecule has 224 valence electrons. The van der Waals surface area contributed by atoms with Crippen LogP contribution in [-0.2, 0) is 22.6 Å². The molecule has 1 aromatic carbocycles. The maximum absolute atomic E-state index is 14.0. The van der Waals surface area contributed by atoms with Gasteiger partial charge in [-0.25, -0.2) is 4.79 Å². The Hall–Kier alpha value is -3.76. The highest BCUT2D eigenvalue weighted by Crippen LogP contribution is 2.38. The summed E-state index contributed by atoms with van der Waals surface area (Å²) < 4.78 is 14.8. The number of hydrogen-bond acceptors (Lipinski definition) is 6. The van der Waals surface area contributed by atoms with Gasteiger partial charge < -0.3 is 19.8 Å². The molecule has 0 saturated carbocycles. The lowest BCUT2D eigenvalue weighted by Crippen LogP contribution is -2.38. The molecule has 4 rings (SSSR count). The van der Waals surface area contributed by atoms with Crippen LogP contribution in [-0.4, -0.2) is 46.2 Å². The first-order valence-electron chi connectivity index (χ1n) is 13.6. The number of anilines is 1. The highest BCUT2D eigenvalue weighted by Gasteiger charge is 2.29. The molecule has 0 saturated heterocycles. The zero-order chi connectivity index (χ0) is 30.9. The molecule has 0 unspecified atom stereocenters. The SMILES string of the molecule is CCCCOc1c(N(C)C(=O)OC(C)(C)C)n(CCC(=O)c2ccc3n2CC(C(N)=O)=C3)c(=O)c2cc(Cl)c(Cl)cc12. The zero-order valence-corrected chi connectivity index (χ0v) is 25.8. The number of nitrogens with zero attached hydrogens (tertiary/aromatic N) is 3. The van der Waals surface area contributed by atoms with Gasteiger partial charge in [-0.15, -0.1) is 0 Å². The second-order valence-electron chi connectivity index (χ2n) is 11.1. The van der Waals surface area contributed by atoms with Crippen LogP contribution < -0.4 is 20.9 Å². The van der Waals surface area contributed by atoms with E-state index in [1.54, 1.807) is 43.5 Å². The molecule has 0 fully saturated rings. The lowest BCUT2D eigenvalue weighted by atomic mass is 10.1. The number of halogens is 2. The molecule has 2 amide bonds. The number of fused-ring (bicyclic) bond motifs is 2. The van der Waals surface area contributed by atoms with Gasteiger partial charge in [0, 0.05) is 36.7 Å². The van der Waals surface area contributed by atoms with Gasteiger partial charge >= 0.3 is 6.09 Å². The van der Waals surface area contributed by atoms with Crippen molar-refractivity contribution in [2.45, 2.75) is 65.6 Å². The Morgan fingerprint density at radius 2 is 1.76 bits per heavy atom. The van der Waals surface area contributed by atoms with Gasteiger partial charge in [-0.05, 0) is 57.5 Å². The Bertz CT molecular complexity index is 1660. The fraction of sp³-hybridized carbons (Fsp3) is 0.400. The Kier molecular flexibility index (Phi) is 9.08. The second kappa shape index (κ2) is 12.2. The van der Waals surface area contributed by atoms with Crippen LogP contribution in [0.15, 0.2) is 34.6 Å². The van der Waals surface area contributed by atoms with E-state index in [0.717, 1.165) is 12.8 Å². The van der Waals surface area contributed by atoms with Crippen molar-refractivity contribution in [3.8, 4) is 5.75 Å². The van der Waals surface area contributed by atoms with Crippen molar-refractivity contribution < 1.29 is 23.9 Å². The van der Waals surface area contributed by atoms with Gasteiger partial charge in [0.25, 0.3) is 5.56 Å². The highest BCUT2D eigenvalue weighted by atomic mass is 35.5. The number of carbonyl (C=O) groups excluding carboxylic acids is 3. The number of amides is 2. The first-order chi connectivity index (χ1) is 19.7. The smallest absolute Gasteiger partial charge is 0.415 e. The third kappa shape index (κ3) is 6.34. The van der Waals surface area contributed by atoms with E-state index >= 15 is 0 Å². The average molecular weight is 618 g/mol. The van der Waals surface area contributed by atoms with Crippen molar-refractivity contribution in [2.75, 3.05) is 18.6 Å². The van der Waals surface area contributed by atoms with E-state index in [2.05, 4.69) is 0 Å². The second-order valence-corrected chi connectivity index (χ2v) is 11.9. The van der Waals surface area contributed by atoms with E-state index in [1.165, 1.54) is 28.6 Å². The van der Waals surface area contributed by atoms with E-state index in [4.69, 9.17) is 38.4 Å². The van der Waals surface area contributed by atoms with Crippen LogP contribution in [0.3, 0.4) is 0 Å². The molecule has 0 radical (unpaired) electrons. The predicted octanol–water partition coefficient (Wildman–Crippen LogP) is 5.82.